The van der Waals surface area contributed by atoms with Crippen LogP contribution in [0.25, 0.3) is 0 Å². The van der Waals surface area contributed by atoms with Crippen molar-refractivity contribution in [1.82, 2.24) is 4.90 Å². The summed E-state index contributed by atoms with van der Waals surface area (Å²) in [5.74, 6) is 0.932. The first-order valence-electron chi connectivity index (χ1n) is 7.01. The molecule has 1 aliphatic carbocycles. The fourth-order valence-corrected chi connectivity index (χ4v) is 2.90. The van der Waals surface area contributed by atoms with E-state index in [1.165, 1.54) is 0 Å². The van der Waals surface area contributed by atoms with Crippen LogP contribution < -0.4 is 0 Å². The van der Waals surface area contributed by atoms with Gasteiger partial charge in [0, 0.05) is 12.6 Å². The fourth-order valence-electron chi connectivity index (χ4n) is 1.78. The summed E-state index contributed by atoms with van der Waals surface area (Å²) >= 11 is 1.66. The van der Waals surface area contributed by atoms with Crippen molar-refractivity contribution in [3.05, 3.63) is 0 Å². The molecule has 1 saturated carbocycles. The lowest BCUT2D eigenvalue weighted by Crippen LogP contribution is -2.39. The molecule has 0 spiro atoms. The van der Waals surface area contributed by atoms with E-state index >= 15 is 0 Å². The molecule has 5 heteroatoms. The first-order valence-corrected chi connectivity index (χ1v) is 8.17. The summed E-state index contributed by atoms with van der Waals surface area (Å²) in [5, 5.41) is 8.95. The monoisotopic (exact) mass is 287 g/mol. The van der Waals surface area contributed by atoms with E-state index in [-0.39, 0.29) is 5.91 Å². The fraction of sp³-hybridized carbons (Fsp3) is 0.857. The van der Waals surface area contributed by atoms with Gasteiger partial charge in [0.05, 0.1) is 11.7 Å². The number of amides is 1. The second kappa shape index (κ2) is 7.78. The van der Waals surface area contributed by atoms with E-state index in [0.717, 1.165) is 25.0 Å². The van der Waals surface area contributed by atoms with Gasteiger partial charge in [0.1, 0.15) is 0 Å². The molecule has 1 N–H and O–H groups in total. The predicted molar refractivity (Wildman–Crippen MR) is 78.3 cm³/mol. The Morgan fingerprint density at radius 3 is 2.42 bits per heavy atom. The number of thioether (sulfide) groups is 1. The number of carboxylic acid groups (broad SMARTS) is 1. The highest BCUT2D eigenvalue weighted by molar-refractivity contribution is 7.99. The maximum atomic E-state index is 12.1. The summed E-state index contributed by atoms with van der Waals surface area (Å²) in [7, 11) is 0. The third-order valence-electron chi connectivity index (χ3n) is 3.27. The normalized spacial score (nSPS) is 16.4. The molecule has 4 nitrogen and oxygen atoms in total. The zero-order chi connectivity index (χ0) is 14.4. The highest BCUT2D eigenvalue weighted by Crippen LogP contribution is 2.28. The number of hydrogen-bond donors (Lipinski definition) is 1. The van der Waals surface area contributed by atoms with Crippen molar-refractivity contribution >= 4 is 23.6 Å². The summed E-state index contributed by atoms with van der Waals surface area (Å²) in [6.45, 7) is 6.36. The van der Waals surface area contributed by atoms with Gasteiger partial charge in [-0.1, -0.05) is 20.8 Å². The van der Waals surface area contributed by atoms with E-state index in [9.17, 15) is 9.59 Å². The van der Waals surface area contributed by atoms with Crippen LogP contribution in [0.15, 0.2) is 0 Å². The highest BCUT2D eigenvalue weighted by Gasteiger charge is 2.34. The molecule has 1 fully saturated rings. The van der Waals surface area contributed by atoms with Gasteiger partial charge in [-0.25, -0.2) is 0 Å². The summed E-state index contributed by atoms with van der Waals surface area (Å²) < 4.78 is 0. The topological polar surface area (TPSA) is 57.6 Å². The molecule has 0 aromatic rings. The molecule has 19 heavy (non-hydrogen) atoms. The number of hydrogen-bond acceptors (Lipinski definition) is 3. The van der Waals surface area contributed by atoms with Gasteiger partial charge in [0.2, 0.25) is 5.91 Å². The summed E-state index contributed by atoms with van der Waals surface area (Å²) in [6, 6.07) is 0.292. The summed E-state index contributed by atoms with van der Waals surface area (Å²) in [5.41, 5.74) is 0. The largest absolute Gasteiger partial charge is 0.481 e. The zero-order valence-corrected chi connectivity index (χ0v) is 12.9. The Kier molecular flexibility index (Phi) is 6.69. The molecule has 0 heterocycles. The quantitative estimate of drug-likeness (QED) is 0.662. The Balaban J connectivity index is 2.34. The van der Waals surface area contributed by atoms with Gasteiger partial charge in [0.15, 0.2) is 0 Å². The van der Waals surface area contributed by atoms with E-state index in [2.05, 4.69) is 13.8 Å². The molecule has 1 unspecified atom stereocenters. The molecule has 0 radical (unpaired) electrons. The molecule has 0 aliphatic heterocycles. The van der Waals surface area contributed by atoms with Crippen LogP contribution in [-0.2, 0) is 9.59 Å². The molecule has 1 rings (SSSR count). The Morgan fingerprint density at radius 2 is 1.95 bits per heavy atom. The van der Waals surface area contributed by atoms with Crippen molar-refractivity contribution in [3.8, 4) is 0 Å². The van der Waals surface area contributed by atoms with Gasteiger partial charge in [-0.15, -0.1) is 0 Å². The first kappa shape index (κ1) is 16.3. The minimum absolute atomic E-state index is 0.101. The third-order valence-corrected chi connectivity index (χ3v) is 4.24. The van der Waals surface area contributed by atoms with Crippen molar-refractivity contribution in [2.24, 2.45) is 11.8 Å². The van der Waals surface area contributed by atoms with Crippen LogP contribution in [0.3, 0.4) is 0 Å². The van der Waals surface area contributed by atoms with Crippen molar-refractivity contribution in [2.75, 3.05) is 18.1 Å². The van der Waals surface area contributed by atoms with Gasteiger partial charge < -0.3 is 10.0 Å². The van der Waals surface area contributed by atoms with Crippen LogP contribution in [0.4, 0.5) is 0 Å². The SMILES string of the molecule is CC(C)CCSCC(=O)N(CC(C)C(=O)O)C1CC1. The predicted octanol–water partition coefficient (Wildman–Crippen LogP) is 2.48. The molecule has 110 valence electrons. The van der Waals surface area contributed by atoms with Crippen LogP contribution in [0.1, 0.15) is 40.0 Å². The van der Waals surface area contributed by atoms with E-state index in [1.807, 2.05) is 0 Å². The minimum Gasteiger partial charge on any atom is -0.481 e. The van der Waals surface area contributed by atoms with Gasteiger partial charge in [-0.2, -0.15) is 11.8 Å². The van der Waals surface area contributed by atoms with Crippen LogP contribution in [0, 0.1) is 11.8 Å². The summed E-state index contributed by atoms with van der Waals surface area (Å²) in [4.78, 5) is 24.8. The molecular weight excluding hydrogens is 262 g/mol. The second-order valence-corrected chi connectivity index (χ2v) is 6.86. The van der Waals surface area contributed by atoms with E-state index in [1.54, 1.807) is 23.6 Å². The Hall–Kier alpha value is -0.710. The minimum atomic E-state index is -0.828. The second-order valence-electron chi connectivity index (χ2n) is 5.75. The number of aliphatic carboxylic acids is 1. The van der Waals surface area contributed by atoms with Crippen molar-refractivity contribution in [1.29, 1.82) is 0 Å². The molecule has 1 amide bonds. The maximum absolute atomic E-state index is 12.1. The van der Waals surface area contributed by atoms with E-state index in [0.29, 0.717) is 24.3 Å². The molecule has 0 aromatic carbocycles. The molecule has 0 saturated heterocycles. The molecule has 1 aliphatic rings. The number of nitrogens with zero attached hydrogens (tertiary/aromatic N) is 1. The number of carboxylic acids is 1. The van der Waals surface area contributed by atoms with Crippen LogP contribution >= 0.6 is 11.8 Å². The van der Waals surface area contributed by atoms with Crippen molar-refractivity contribution < 1.29 is 14.7 Å². The van der Waals surface area contributed by atoms with Gasteiger partial charge >= 0.3 is 5.97 Å². The Morgan fingerprint density at radius 1 is 1.32 bits per heavy atom. The lowest BCUT2D eigenvalue weighted by molar-refractivity contribution is -0.142. The van der Waals surface area contributed by atoms with Crippen LogP contribution in [0.5, 0.6) is 0 Å². The molecular formula is C14H25NO3S. The van der Waals surface area contributed by atoms with Crippen molar-refractivity contribution in [2.45, 2.75) is 46.1 Å². The zero-order valence-electron chi connectivity index (χ0n) is 12.1. The van der Waals surface area contributed by atoms with Crippen LogP contribution in [0.2, 0.25) is 0 Å². The van der Waals surface area contributed by atoms with Crippen molar-refractivity contribution in [3.63, 3.8) is 0 Å². The molecule has 1 atom stereocenters. The van der Waals surface area contributed by atoms with Gasteiger partial charge in [-0.3, -0.25) is 9.59 Å². The average molecular weight is 287 g/mol. The third kappa shape index (κ3) is 6.32. The number of carbonyl (C=O) groups excluding carboxylic acids is 1. The lowest BCUT2D eigenvalue weighted by atomic mass is 10.1. The highest BCUT2D eigenvalue weighted by atomic mass is 32.2. The van der Waals surface area contributed by atoms with Crippen LogP contribution in [-0.4, -0.2) is 46.0 Å². The van der Waals surface area contributed by atoms with Gasteiger partial charge in [0.25, 0.3) is 0 Å². The Labute approximate surface area is 119 Å². The number of carbonyl (C=O) groups is 2. The van der Waals surface area contributed by atoms with E-state index < -0.39 is 11.9 Å². The maximum Gasteiger partial charge on any atom is 0.308 e. The molecule has 0 bridgehead atoms. The summed E-state index contributed by atoms with van der Waals surface area (Å²) in [6.07, 6.45) is 3.16. The Bertz CT molecular complexity index is 316. The van der Waals surface area contributed by atoms with E-state index in [4.69, 9.17) is 5.11 Å². The van der Waals surface area contributed by atoms with Gasteiger partial charge in [-0.05, 0) is 30.9 Å². The average Bonchev–Trinajstić information content (AvgIpc) is 3.14. The lowest BCUT2D eigenvalue weighted by Gasteiger charge is -2.24. The molecule has 0 aromatic heterocycles. The smallest absolute Gasteiger partial charge is 0.308 e. The number of rotatable bonds is 9. The first-order chi connectivity index (χ1) is 8.91. The standard InChI is InChI=1S/C14H25NO3S/c1-10(2)6-7-19-9-13(16)15(12-4-5-12)8-11(3)14(17)18/h10-12H,4-9H2,1-3H3,(H,17,18).